The minimum atomic E-state index is 0.767. The molecule has 0 amide bonds. The Morgan fingerprint density at radius 3 is 1.90 bits per heavy atom. The molecule has 0 spiro atoms. The van der Waals surface area contributed by atoms with Crippen LogP contribution in [0.15, 0.2) is 0 Å². The van der Waals surface area contributed by atoms with Gasteiger partial charge >= 0.3 is 0 Å². The standard InChI is InChI=1S/C19H41NO/c1-5-8-10-11-12-14-16-19(15-13-9-6-2)20(4)17-18-21-7-3/h19H,5-18H2,1-4H3. The second-order valence-corrected chi connectivity index (χ2v) is 6.38. The summed E-state index contributed by atoms with van der Waals surface area (Å²) in [4.78, 5) is 2.54. The normalized spacial score (nSPS) is 13.0. The predicted molar refractivity (Wildman–Crippen MR) is 95.0 cm³/mol. The molecule has 0 heterocycles. The summed E-state index contributed by atoms with van der Waals surface area (Å²) < 4.78 is 5.51. The zero-order chi connectivity index (χ0) is 15.8. The fraction of sp³-hybridized carbons (Fsp3) is 1.00. The SMILES string of the molecule is CCCCCCCCC(CCCCC)N(C)CCOCC. The highest BCUT2D eigenvalue weighted by molar-refractivity contribution is 4.69. The van der Waals surface area contributed by atoms with Gasteiger partial charge in [-0.1, -0.05) is 71.6 Å². The van der Waals surface area contributed by atoms with Crippen molar-refractivity contribution in [3.05, 3.63) is 0 Å². The lowest BCUT2D eigenvalue weighted by molar-refractivity contribution is 0.101. The van der Waals surface area contributed by atoms with Crippen LogP contribution in [0.5, 0.6) is 0 Å². The Morgan fingerprint density at radius 2 is 1.29 bits per heavy atom. The van der Waals surface area contributed by atoms with Gasteiger partial charge < -0.3 is 9.64 Å². The van der Waals surface area contributed by atoms with Crippen LogP contribution < -0.4 is 0 Å². The summed E-state index contributed by atoms with van der Waals surface area (Å²) in [6, 6.07) is 0.767. The Bertz CT molecular complexity index is 196. The Kier molecular flexibility index (Phi) is 16.2. The van der Waals surface area contributed by atoms with E-state index >= 15 is 0 Å². The first-order chi connectivity index (χ1) is 10.3. The quantitative estimate of drug-likeness (QED) is 0.341. The van der Waals surface area contributed by atoms with E-state index in [1.165, 1.54) is 70.6 Å². The van der Waals surface area contributed by atoms with Gasteiger partial charge in [-0.25, -0.2) is 0 Å². The fourth-order valence-corrected chi connectivity index (χ4v) is 2.91. The van der Waals surface area contributed by atoms with Crippen molar-refractivity contribution >= 4 is 0 Å². The van der Waals surface area contributed by atoms with Crippen molar-refractivity contribution in [1.82, 2.24) is 4.90 Å². The summed E-state index contributed by atoms with van der Waals surface area (Å²) in [5.74, 6) is 0. The molecule has 2 nitrogen and oxygen atoms in total. The number of hydrogen-bond acceptors (Lipinski definition) is 2. The topological polar surface area (TPSA) is 12.5 Å². The van der Waals surface area contributed by atoms with Crippen LogP contribution in [0.1, 0.15) is 91.4 Å². The van der Waals surface area contributed by atoms with Crippen LogP contribution in [0.25, 0.3) is 0 Å². The van der Waals surface area contributed by atoms with Crippen molar-refractivity contribution in [2.75, 3.05) is 26.8 Å². The average Bonchev–Trinajstić information content (AvgIpc) is 2.49. The van der Waals surface area contributed by atoms with E-state index in [0.717, 1.165) is 25.8 Å². The maximum atomic E-state index is 5.51. The molecule has 0 saturated heterocycles. The van der Waals surface area contributed by atoms with Crippen molar-refractivity contribution < 1.29 is 4.74 Å². The zero-order valence-electron chi connectivity index (χ0n) is 15.3. The van der Waals surface area contributed by atoms with E-state index in [2.05, 4.69) is 32.7 Å². The first kappa shape index (κ1) is 20.9. The van der Waals surface area contributed by atoms with Crippen molar-refractivity contribution in [3.63, 3.8) is 0 Å². The molecule has 1 atom stereocenters. The largest absolute Gasteiger partial charge is 0.380 e. The molecular weight excluding hydrogens is 258 g/mol. The van der Waals surface area contributed by atoms with Crippen LogP contribution in [0.3, 0.4) is 0 Å². The lowest BCUT2D eigenvalue weighted by Gasteiger charge is -2.28. The molecule has 0 aromatic heterocycles. The molecule has 21 heavy (non-hydrogen) atoms. The van der Waals surface area contributed by atoms with Crippen molar-refractivity contribution in [1.29, 1.82) is 0 Å². The number of rotatable bonds is 16. The molecule has 0 N–H and O–H groups in total. The van der Waals surface area contributed by atoms with E-state index in [1.807, 2.05) is 0 Å². The molecule has 0 saturated carbocycles. The minimum Gasteiger partial charge on any atom is -0.380 e. The molecule has 0 aliphatic rings. The molecule has 0 aliphatic heterocycles. The maximum Gasteiger partial charge on any atom is 0.0593 e. The van der Waals surface area contributed by atoms with Crippen molar-refractivity contribution in [3.8, 4) is 0 Å². The van der Waals surface area contributed by atoms with Crippen LogP contribution in [0, 0.1) is 0 Å². The van der Waals surface area contributed by atoms with Crippen LogP contribution >= 0.6 is 0 Å². The van der Waals surface area contributed by atoms with Gasteiger partial charge in [0.1, 0.15) is 0 Å². The zero-order valence-corrected chi connectivity index (χ0v) is 15.3. The first-order valence-corrected chi connectivity index (χ1v) is 9.54. The summed E-state index contributed by atoms with van der Waals surface area (Å²) in [5, 5.41) is 0. The van der Waals surface area contributed by atoms with Gasteiger partial charge in [0.05, 0.1) is 6.61 Å². The second kappa shape index (κ2) is 16.3. The molecule has 0 bridgehead atoms. The highest BCUT2D eigenvalue weighted by Crippen LogP contribution is 2.17. The fourth-order valence-electron chi connectivity index (χ4n) is 2.91. The van der Waals surface area contributed by atoms with Gasteiger partial charge in [-0.15, -0.1) is 0 Å². The van der Waals surface area contributed by atoms with Gasteiger partial charge in [-0.05, 0) is 26.8 Å². The van der Waals surface area contributed by atoms with E-state index in [4.69, 9.17) is 4.74 Å². The van der Waals surface area contributed by atoms with Gasteiger partial charge in [0.2, 0.25) is 0 Å². The van der Waals surface area contributed by atoms with Crippen LogP contribution in [-0.2, 0) is 4.74 Å². The van der Waals surface area contributed by atoms with Gasteiger partial charge in [-0.3, -0.25) is 0 Å². The molecule has 0 fully saturated rings. The van der Waals surface area contributed by atoms with Crippen LogP contribution in [0.2, 0.25) is 0 Å². The monoisotopic (exact) mass is 299 g/mol. The van der Waals surface area contributed by atoms with E-state index in [9.17, 15) is 0 Å². The van der Waals surface area contributed by atoms with Crippen LogP contribution in [-0.4, -0.2) is 37.7 Å². The predicted octanol–water partition coefficient (Wildman–Crippen LogP) is 5.65. The molecule has 0 aromatic carbocycles. The minimum absolute atomic E-state index is 0.767. The summed E-state index contributed by atoms with van der Waals surface area (Å²) in [7, 11) is 2.28. The summed E-state index contributed by atoms with van der Waals surface area (Å²) >= 11 is 0. The Labute approximate surface area is 134 Å². The third-order valence-corrected chi connectivity index (χ3v) is 4.45. The lowest BCUT2D eigenvalue weighted by atomic mass is 10.00. The number of hydrogen-bond donors (Lipinski definition) is 0. The van der Waals surface area contributed by atoms with Gasteiger partial charge in [-0.2, -0.15) is 0 Å². The van der Waals surface area contributed by atoms with Gasteiger partial charge in [0.25, 0.3) is 0 Å². The Morgan fingerprint density at radius 1 is 0.762 bits per heavy atom. The van der Waals surface area contributed by atoms with E-state index in [-0.39, 0.29) is 0 Å². The third-order valence-electron chi connectivity index (χ3n) is 4.45. The van der Waals surface area contributed by atoms with E-state index < -0.39 is 0 Å². The molecule has 0 aromatic rings. The van der Waals surface area contributed by atoms with Crippen molar-refractivity contribution in [2.24, 2.45) is 0 Å². The molecule has 0 rings (SSSR count). The first-order valence-electron chi connectivity index (χ1n) is 9.54. The van der Waals surface area contributed by atoms with Crippen molar-refractivity contribution in [2.45, 2.75) is 97.4 Å². The number of ether oxygens (including phenoxy) is 1. The number of likely N-dealkylation sites (N-methyl/N-ethyl adjacent to an activating group) is 1. The summed E-state index contributed by atoms with van der Waals surface area (Å²) in [6.07, 6.45) is 15.3. The van der Waals surface area contributed by atoms with E-state index in [0.29, 0.717) is 0 Å². The molecule has 2 heteroatoms. The smallest absolute Gasteiger partial charge is 0.0593 e. The summed E-state index contributed by atoms with van der Waals surface area (Å²) in [5.41, 5.74) is 0. The van der Waals surface area contributed by atoms with Gasteiger partial charge in [0, 0.05) is 19.2 Å². The highest BCUT2D eigenvalue weighted by Gasteiger charge is 2.13. The van der Waals surface area contributed by atoms with Gasteiger partial charge in [0.15, 0.2) is 0 Å². The lowest BCUT2D eigenvalue weighted by Crippen LogP contribution is -2.34. The van der Waals surface area contributed by atoms with Crippen LogP contribution in [0.4, 0.5) is 0 Å². The number of nitrogens with zero attached hydrogens (tertiary/aromatic N) is 1. The Balaban J connectivity index is 3.88. The molecule has 1 unspecified atom stereocenters. The van der Waals surface area contributed by atoms with E-state index in [1.54, 1.807) is 0 Å². The average molecular weight is 300 g/mol. The molecule has 0 aliphatic carbocycles. The molecule has 0 radical (unpaired) electrons. The number of unbranched alkanes of at least 4 members (excludes halogenated alkanes) is 7. The summed E-state index contributed by atoms with van der Waals surface area (Å²) in [6.45, 7) is 9.47. The molecule has 128 valence electrons. The second-order valence-electron chi connectivity index (χ2n) is 6.38. The Hall–Kier alpha value is -0.0800. The third kappa shape index (κ3) is 13.3. The molecular formula is C19H41NO. The maximum absolute atomic E-state index is 5.51. The highest BCUT2D eigenvalue weighted by atomic mass is 16.5.